The van der Waals surface area contributed by atoms with Crippen molar-refractivity contribution in [3.05, 3.63) is 23.8 Å². The predicted octanol–water partition coefficient (Wildman–Crippen LogP) is 2.59. The van der Waals surface area contributed by atoms with Crippen LogP contribution in [0.2, 0.25) is 0 Å². The van der Waals surface area contributed by atoms with E-state index in [-0.39, 0.29) is 5.97 Å². The molecule has 4 N–H and O–H groups in total. The van der Waals surface area contributed by atoms with E-state index in [1.807, 2.05) is 0 Å². The monoisotopic (exact) mass is 248 g/mol. The molecule has 0 atom stereocenters. The molecule has 0 amide bonds. The SMILES string of the molecule is Nc1cc(N)cc(C(=O)OCC2CCCCC2)c1. The van der Waals surface area contributed by atoms with Crippen molar-refractivity contribution < 1.29 is 9.53 Å². The van der Waals surface area contributed by atoms with Gasteiger partial charge in [-0.05, 0) is 37.0 Å². The van der Waals surface area contributed by atoms with E-state index in [2.05, 4.69) is 0 Å². The largest absolute Gasteiger partial charge is 0.462 e. The Morgan fingerprint density at radius 3 is 2.33 bits per heavy atom. The second-order valence-corrected chi connectivity index (χ2v) is 4.99. The third-order valence-electron chi connectivity index (χ3n) is 3.39. The first-order valence-corrected chi connectivity index (χ1v) is 6.48. The highest BCUT2D eigenvalue weighted by molar-refractivity contribution is 5.91. The summed E-state index contributed by atoms with van der Waals surface area (Å²) in [7, 11) is 0. The summed E-state index contributed by atoms with van der Waals surface area (Å²) in [6, 6.07) is 4.82. The van der Waals surface area contributed by atoms with Crippen LogP contribution in [0.4, 0.5) is 11.4 Å². The van der Waals surface area contributed by atoms with Gasteiger partial charge in [0.2, 0.25) is 0 Å². The lowest BCUT2D eigenvalue weighted by Crippen LogP contribution is -2.17. The van der Waals surface area contributed by atoms with E-state index in [0.717, 1.165) is 12.8 Å². The van der Waals surface area contributed by atoms with Crippen LogP contribution in [0.25, 0.3) is 0 Å². The fourth-order valence-electron chi connectivity index (χ4n) is 2.43. The molecule has 4 heteroatoms. The number of carbonyl (C=O) groups excluding carboxylic acids is 1. The molecular formula is C14H20N2O2. The number of nitrogen functional groups attached to an aromatic ring is 2. The number of hydrogen-bond acceptors (Lipinski definition) is 4. The molecule has 1 saturated carbocycles. The molecule has 0 radical (unpaired) electrons. The highest BCUT2D eigenvalue weighted by Crippen LogP contribution is 2.24. The van der Waals surface area contributed by atoms with Gasteiger partial charge in [0.1, 0.15) is 0 Å². The highest BCUT2D eigenvalue weighted by Gasteiger charge is 2.16. The van der Waals surface area contributed by atoms with Crippen molar-refractivity contribution in [3.63, 3.8) is 0 Å². The zero-order valence-electron chi connectivity index (χ0n) is 10.5. The first-order valence-electron chi connectivity index (χ1n) is 6.48. The van der Waals surface area contributed by atoms with Crippen LogP contribution in [0.5, 0.6) is 0 Å². The quantitative estimate of drug-likeness (QED) is 0.636. The molecule has 0 aliphatic heterocycles. The molecule has 1 fully saturated rings. The van der Waals surface area contributed by atoms with Crippen molar-refractivity contribution in [3.8, 4) is 0 Å². The molecular weight excluding hydrogens is 228 g/mol. The summed E-state index contributed by atoms with van der Waals surface area (Å²) in [6.45, 7) is 0.507. The lowest BCUT2D eigenvalue weighted by Gasteiger charge is -2.21. The van der Waals surface area contributed by atoms with Gasteiger partial charge in [-0.1, -0.05) is 19.3 Å². The Morgan fingerprint density at radius 2 is 1.72 bits per heavy atom. The Kier molecular flexibility index (Phi) is 4.07. The smallest absolute Gasteiger partial charge is 0.338 e. The van der Waals surface area contributed by atoms with Crippen molar-refractivity contribution in [1.82, 2.24) is 0 Å². The van der Waals surface area contributed by atoms with Crippen LogP contribution >= 0.6 is 0 Å². The van der Waals surface area contributed by atoms with Crippen molar-refractivity contribution in [2.75, 3.05) is 18.1 Å². The normalized spacial score (nSPS) is 16.4. The number of carbonyl (C=O) groups is 1. The van der Waals surface area contributed by atoms with Gasteiger partial charge in [-0.3, -0.25) is 0 Å². The number of rotatable bonds is 3. The number of esters is 1. The molecule has 98 valence electrons. The summed E-state index contributed by atoms with van der Waals surface area (Å²) in [5.74, 6) is 0.181. The number of benzene rings is 1. The third kappa shape index (κ3) is 3.39. The van der Waals surface area contributed by atoms with Gasteiger partial charge in [-0.2, -0.15) is 0 Å². The molecule has 0 aromatic heterocycles. The minimum Gasteiger partial charge on any atom is -0.462 e. The second-order valence-electron chi connectivity index (χ2n) is 4.99. The maximum atomic E-state index is 11.9. The van der Waals surface area contributed by atoms with E-state index in [0.29, 0.717) is 29.5 Å². The summed E-state index contributed by atoms with van der Waals surface area (Å²) in [4.78, 5) is 11.9. The first kappa shape index (κ1) is 12.7. The van der Waals surface area contributed by atoms with Gasteiger partial charge < -0.3 is 16.2 Å². The van der Waals surface area contributed by atoms with Gasteiger partial charge in [0.15, 0.2) is 0 Å². The Labute approximate surface area is 107 Å². The standard InChI is InChI=1S/C14H20N2O2/c15-12-6-11(7-13(16)8-12)14(17)18-9-10-4-2-1-3-5-10/h6-8,10H,1-5,9,15-16H2. The van der Waals surface area contributed by atoms with Crippen molar-refractivity contribution >= 4 is 17.3 Å². The van der Waals surface area contributed by atoms with E-state index < -0.39 is 0 Å². The topological polar surface area (TPSA) is 78.3 Å². The summed E-state index contributed by atoms with van der Waals surface area (Å²) >= 11 is 0. The summed E-state index contributed by atoms with van der Waals surface area (Å²) in [6.07, 6.45) is 6.11. The lowest BCUT2D eigenvalue weighted by molar-refractivity contribution is 0.0410. The van der Waals surface area contributed by atoms with Crippen LogP contribution in [0, 0.1) is 5.92 Å². The van der Waals surface area contributed by atoms with Gasteiger partial charge in [0.05, 0.1) is 12.2 Å². The average molecular weight is 248 g/mol. The molecule has 0 saturated heterocycles. The molecule has 1 aliphatic carbocycles. The molecule has 0 heterocycles. The highest BCUT2D eigenvalue weighted by atomic mass is 16.5. The van der Waals surface area contributed by atoms with Crippen molar-refractivity contribution in [1.29, 1.82) is 0 Å². The molecule has 0 bridgehead atoms. The van der Waals surface area contributed by atoms with Crippen LogP contribution in [0.15, 0.2) is 18.2 Å². The molecule has 4 nitrogen and oxygen atoms in total. The predicted molar refractivity (Wildman–Crippen MR) is 72.1 cm³/mol. The van der Waals surface area contributed by atoms with Crippen molar-refractivity contribution in [2.24, 2.45) is 5.92 Å². The fourth-order valence-corrected chi connectivity index (χ4v) is 2.43. The molecule has 0 unspecified atom stereocenters. The molecule has 18 heavy (non-hydrogen) atoms. The Morgan fingerprint density at radius 1 is 1.11 bits per heavy atom. The van der Waals surface area contributed by atoms with Crippen LogP contribution in [0.1, 0.15) is 42.5 Å². The summed E-state index contributed by atoms with van der Waals surface area (Å²) in [5.41, 5.74) is 12.7. The summed E-state index contributed by atoms with van der Waals surface area (Å²) in [5, 5.41) is 0. The number of anilines is 2. The summed E-state index contributed by atoms with van der Waals surface area (Å²) < 4.78 is 5.33. The second kappa shape index (κ2) is 5.76. The zero-order valence-corrected chi connectivity index (χ0v) is 10.5. The molecule has 1 aromatic rings. The van der Waals surface area contributed by atoms with Crippen LogP contribution in [-0.4, -0.2) is 12.6 Å². The van der Waals surface area contributed by atoms with E-state index in [9.17, 15) is 4.79 Å². The molecule has 0 spiro atoms. The Bertz CT molecular complexity index is 406. The van der Waals surface area contributed by atoms with Gasteiger partial charge in [0, 0.05) is 11.4 Å². The maximum Gasteiger partial charge on any atom is 0.338 e. The minimum atomic E-state index is -0.334. The number of hydrogen-bond donors (Lipinski definition) is 2. The first-order chi connectivity index (χ1) is 8.65. The average Bonchev–Trinajstić information content (AvgIpc) is 2.36. The van der Waals surface area contributed by atoms with E-state index in [4.69, 9.17) is 16.2 Å². The Hall–Kier alpha value is -1.71. The van der Waals surface area contributed by atoms with Gasteiger partial charge in [-0.15, -0.1) is 0 Å². The van der Waals surface area contributed by atoms with Gasteiger partial charge in [0.25, 0.3) is 0 Å². The van der Waals surface area contributed by atoms with Gasteiger partial charge >= 0.3 is 5.97 Å². The van der Waals surface area contributed by atoms with E-state index in [1.165, 1.54) is 19.3 Å². The lowest BCUT2D eigenvalue weighted by atomic mass is 9.90. The van der Waals surface area contributed by atoms with E-state index >= 15 is 0 Å². The number of ether oxygens (including phenoxy) is 1. The minimum absolute atomic E-state index is 0.334. The Balaban J connectivity index is 1.90. The van der Waals surface area contributed by atoms with Crippen LogP contribution < -0.4 is 11.5 Å². The zero-order chi connectivity index (χ0) is 13.0. The fraction of sp³-hybridized carbons (Fsp3) is 0.500. The van der Waals surface area contributed by atoms with E-state index in [1.54, 1.807) is 18.2 Å². The molecule has 1 aliphatic rings. The molecule has 2 rings (SSSR count). The van der Waals surface area contributed by atoms with Crippen molar-refractivity contribution in [2.45, 2.75) is 32.1 Å². The maximum absolute atomic E-state index is 11.9. The molecule has 1 aromatic carbocycles. The third-order valence-corrected chi connectivity index (χ3v) is 3.39. The van der Waals surface area contributed by atoms with Crippen LogP contribution in [0.3, 0.4) is 0 Å². The number of nitrogens with two attached hydrogens (primary N) is 2. The van der Waals surface area contributed by atoms with Gasteiger partial charge in [-0.25, -0.2) is 4.79 Å². The van der Waals surface area contributed by atoms with Crippen LogP contribution in [-0.2, 0) is 4.74 Å².